The van der Waals surface area contributed by atoms with E-state index in [2.05, 4.69) is 25.5 Å². The molecular formula is C24H33N7O3. The first kappa shape index (κ1) is 26.6. The predicted octanol–water partition coefficient (Wildman–Crippen LogP) is 2.50. The van der Waals surface area contributed by atoms with Gasteiger partial charge in [0.25, 0.3) is 0 Å². The number of benzene rings is 1. The van der Waals surface area contributed by atoms with E-state index in [1.807, 2.05) is 50.5 Å². The van der Waals surface area contributed by atoms with Gasteiger partial charge in [-0.25, -0.2) is 9.67 Å². The molecule has 0 saturated heterocycles. The molecule has 0 amide bonds. The summed E-state index contributed by atoms with van der Waals surface area (Å²) in [4.78, 5) is 20.1. The van der Waals surface area contributed by atoms with E-state index in [1.54, 1.807) is 56.1 Å². The third-order valence-electron chi connectivity index (χ3n) is 4.63. The maximum atomic E-state index is 11.6. The van der Waals surface area contributed by atoms with Crippen LogP contribution in [0.2, 0.25) is 0 Å². The summed E-state index contributed by atoms with van der Waals surface area (Å²) in [5.41, 5.74) is 2.72. The fraction of sp³-hybridized carbons (Fsp3) is 0.375. The maximum Gasteiger partial charge on any atom is 0.226 e. The summed E-state index contributed by atoms with van der Waals surface area (Å²) in [5.74, 6) is 0.706. The average Bonchev–Trinajstić information content (AvgIpc) is 3.28. The Morgan fingerprint density at radius 2 is 1.97 bits per heavy atom. The van der Waals surface area contributed by atoms with Gasteiger partial charge in [0.1, 0.15) is 17.1 Å². The molecule has 1 unspecified atom stereocenters. The molecule has 3 rings (SSSR count). The average molecular weight is 468 g/mol. The summed E-state index contributed by atoms with van der Waals surface area (Å²) in [6, 6.07) is 9.87. The van der Waals surface area contributed by atoms with Crippen LogP contribution in [0.5, 0.6) is 0 Å². The summed E-state index contributed by atoms with van der Waals surface area (Å²) in [7, 11) is 6.93. The minimum absolute atomic E-state index is 0.0550. The lowest BCUT2D eigenvalue weighted by molar-refractivity contribution is 0.0571. The molecule has 1 atom stereocenters. The number of aromatic nitrogens is 4. The summed E-state index contributed by atoms with van der Waals surface area (Å²) >= 11 is 0. The Hall–Kier alpha value is -3.63. The standard InChI is InChI=1S/C14H20N2O2.C10H13N5O/c1-12(18-10-9-17-3)11-16-14(15-2)13-7-5-4-6-8-13;1-7-10(16)9(11-2)6-15(13-7)8-4-12-14(3)5-8/h4-8,11-12H,9-10H2,1-3H3;4-6,11H,1-3H3. The second-order valence-corrected chi connectivity index (χ2v) is 7.28. The first-order valence-electron chi connectivity index (χ1n) is 10.8. The summed E-state index contributed by atoms with van der Waals surface area (Å²) in [6.45, 7) is 4.78. The minimum atomic E-state index is -0.0809. The van der Waals surface area contributed by atoms with Crippen LogP contribution < -0.4 is 10.7 Å². The van der Waals surface area contributed by atoms with Gasteiger partial charge >= 0.3 is 0 Å². The van der Waals surface area contributed by atoms with Crippen LogP contribution in [0.1, 0.15) is 18.2 Å². The molecule has 2 heterocycles. The van der Waals surface area contributed by atoms with Gasteiger partial charge in [0.2, 0.25) is 5.43 Å². The van der Waals surface area contributed by atoms with Crippen LogP contribution in [0.4, 0.5) is 5.69 Å². The van der Waals surface area contributed by atoms with Crippen molar-refractivity contribution in [2.45, 2.75) is 20.0 Å². The summed E-state index contributed by atoms with van der Waals surface area (Å²) in [5, 5.41) is 11.1. The van der Waals surface area contributed by atoms with Crippen molar-refractivity contribution in [3.63, 3.8) is 0 Å². The number of nitrogens with zero attached hydrogens (tertiary/aromatic N) is 6. The zero-order chi connectivity index (χ0) is 24.9. The van der Waals surface area contributed by atoms with Gasteiger partial charge < -0.3 is 14.8 Å². The molecule has 0 saturated carbocycles. The fourth-order valence-corrected chi connectivity index (χ4v) is 2.83. The van der Waals surface area contributed by atoms with Gasteiger partial charge in [-0.2, -0.15) is 10.2 Å². The second kappa shape index (κ2) is 13.8. The highest BCUT2D eigenvalue weighted by Gasteiger charge is 2.06. The molecule has 0 aliphatic rings. The Morgan fingerprint density at radius 1 is 1.24 bits per heavy atom. The molecule has 10 nitrogen and oxygen atoms in total. The van der Waals surface area contributed by atoms with Crippen LogP contribution in [0.25, 0.3) is 5.69 Å². The number of amidine groups is 1. The van der Waals surface area contributed by atoms with E-state index in [-0.39, 0.29) is 11.5 Å². The van der Waals surface area contributed by atoms with Gasteiger partial charge in [-0.1, -0.05) is 30.3 Å². The Balaban J connectivity index is 0.000000241. The number of anilines is 1. The van der Waals surface area contributed by atoms with Crippen LogP contribution in [0.3, 0.4) is 0 Å². The van der Waals surface area contributed by atoms with Crippen molar-refractivity contribution >= 4 is 17.7 Å². The normalized spacial score (nSPS) is 12.4. The Bertz CT molecular complexity index is 1140. The van der Waals surface area contributed by atoms with E-state index in [1.165, 1.54) is 0 Å². The van der Waals surface area contributed by atoms with Crippen molar-refractivity contribution in [3.05, 3.63) is 70.4 Å². The zero-order valence-electron chi connectivity index (χ0n) is 20.6. The molecule has 1 N–H and O–H groups in total. The van der Waals surface area contributed by atoms with Gasteiger partial charge in [-0.05, 0) is 13.8 Å². The first-order chi connectivity index (χ1) is 16.4. The first-order valence-corrected chi connectivity index (χ1v) is 10.8. The minimum Gasteiger partial charge on any atom is -0.384 e. The van der Waals surface area contributed by atoms with Crippen molar-refractivity contribution in [1.82, 2.24) is 19.6 Å². The number of rotatable bonds is 8. The van der Waals surface area contributed by atoms with E-state index in [0.29, 0.717) is 30.4 Å². The highest BCUT2D eigenvalue weighted by molar-refractivity contribution is 6.03. The van der Waals surface area contributed by atoms with E-state index in [4.69, 9.17) is 9.47 Å². The van der Waals surface area contributed by atoms with Crippen LogP contribution in [0.15, 0.2) is 63.7 Å². The zero-order valence-corrected chi connectivity index (χ0v) is 20.6. The van der Waals surface area contributed by atoms with Gasteiger partial charge in [0.05, 0.1) is 37.9 Å². The molecule has 0 radical (unpaired) electrons. The lowest BCUT2D eigenvalue weighted by Crippen LogP contribution is -2.17. The van der Waals surface area contributed by atoms with Crippen molar-refractivity contribution in [3.8, 4) is 5.69 Å². The molecule has 182 valence electrons. The molecule has 0 bridgehead atoms. The van der Waals surface area contributed by atoms with Crippen molar-refractivity contribution in [2.75, 3.05) is 39.7 Å². The molecule has 1 aromatic carbocycles. The van der Waals surface area contributed by atoms with Crippen molar-refractivity contribution in [1.29, 1.82) is 0 Å². The summed E-state index contributed by atoms with van der Waals surface area (Å²) in [6.07, 6.45) is 6.88. The molecule has 0 aliphatic heterocycles. The van der Waals surface area contributed by atoms with E-state index < -0.39 is 0 Å². The van der Waals surface area contributed by atoms with Gasteiger partial charge in [0.15, 0.2) is 5.84 Å². The number of aliphatic imine (C=N–C) groups is 2. The number of methoxy groups -OCH3 is 1. The van der Waals surface area contributed by atoms with Crippen LogP contribution >= 0.6 is 0 Å². The topological polar surface area (TPSA) is 108 Å². The molecule has 10 heteroatoms. The lowest BCUT2D eigenvalue weighted by atomic mass is 10.2. The van der Waals surface area contributed by atoms with Gasteiger partial charge in [-0.15, -0.1) is 0 Å². The number of ether oxygens (including phenoxy) is 2. The van der Waals surface area contributed by atoms with Crippen LogP contribution in [-0.2, 0) is 16.5 Å². The van der Waals surface area contributed by atoms with E-state index in [9.17, 15) is 4.79 Å². The monoisotopic (exact) mass is 467 g/mol. The fourth-order valence-electron chi connectivity index (χ4n) is 2.83. The molecular weight excluding hydrogens is 434 g/mol. The largest absolute Gasteiger partial charge is 0.384 e. The van der Waals surface area contributed by atoms with Gasteiger partial charge in [-0.3, -0.25) is 14.5 Å². The SMILES string of the molecule is CN=C(N=CC(C)OCCOC)c1ccccc1.CNc1cn(-c2cnn(C)c2)nc(C)c1=O. The Labute approximate surface area is 200 Å². The lowest BCUT2D eigenvalue weighted by Gasteiger charge is -2.07. The third kappa shape index (κ3) is 8.05. The smallest absolute Gasteiger partial charge is 0.226 e. The maximum absolute atomic E-state index is 11.6. The van der Waals surface area contributed by atoms with E-state index >= 15 is 0 Å². The molecule has 2 aromatic heterocycles. The van der Waals surface area contributed by atoms with Crippen molar-refractivity contribution in [2.24, 2.45) is 17.0 Å². The highest BCUT2D eigenvalue weighted by Crippen LogP contribution is 2.07. The predicted molar refractivity (Wildman–Crippen MR) is 136 cm³/mol. The molecule has 0 aliphatic carbocycles. The number of hydrogen-bond donors (Lipinski definition) is 1. The number of hydrogen-bond acceptors (Lipinski definition) is 7. The van der Waals surface area contributed by atoms with Crippen LogP contribution in [-0.4, -0.2) is 72.1 Å². The molecule has 0 spiro atoms. The quantitative estimate of drug-likeness (QED) is 0.310. The second-order valence-electron chi connectivity index (χ2n) is 7.28. The summed E-state index contributed by atoms with van der Waals surface area (Å²) < 4.78 is 13.7. The number of nitrogens with one attached hydrogen (secondary N) is 1. The van der Waals surface area contributed by atoms with Gasteiger partial charge in [0, 0.05) is 40.0 Å². The molecule has 34 heavy (non-hydrogen) atoms. The Morgan fingerprint density at radius 3 is 2.56 bits per heavy atom. The number of aryl methyl sites for hydroxylation is 2. The highest BCUT2D eigenvalue weighted by atomic mass is 16.5. The Kier molecular flexibility index (Phi) is 10.8. The third-order valence-corrected chi connectivity index (χ3v) is 4.63. The van der Waals surface area contributed by atoms with Crippen LogP contribution in [0, 0.1) is 6.92 Å². The molecule has 0 fully saturated rings. The van der Waals surface area contributed by atoms with E-state index in [0.717, 1.165) is 11.3 Å². The van der Waals surface area contributed by atoms with Crippen molar-refractivity contribution < 1.29 is 9.47 Å². The molecule has 3 aromatic rings.